The first-order chi connectivity index (χ1) is 12.2. The van der Waals surface area contributed by atoms with E-state index in [2.05, 4.69) is 21.2 Å². The number of amides is 3. The van der Waals surface area contributed by atoms with Crippen molar-refractivity contribution in [2.75, 3.05) is 5.32 Å². The molecule has 9 heteroatoms. The third-order valence-electron chi connectivity index (χ3n) is 3.91. The van der Waals surface area contributed by atoms with Crippen molar-refractivity contribution in [3.63, 3.8) is 0 Å². The Hall–Kier alpha value is -1.96. The van der Waals surface area contributed by atoms with Gasteiger partial charge in [0.05, 0.1) is 26.9 Å². The minimum atomic E-state index is -1.16. The van der Waals surface area contributed by atoms with Crippen LogP contribution in [0.25, 0.3) is 0 Å². The van der Waals surface area contributed by atoms with Crippen molar-refractivity contribution < 1.29 is 18.8 Å². The number of fused-ring (bicyclic) bond motifs is 1. The maximum Gasteiger partial charge on any atom is 0.262 e. The van der Waals surface area contributed by atoms with Crippen LogP contribution in [0.15, 0.2) is 34.8 Å². The van der Waals surface area contributed by atoms with Gasteiger partial charge in [0.2, 0.25) is 5.91 Å². The zero-order valence-corrected chi connectivity index (χ0v) is 16.2. The molecule has 0 saturated heterocycles. The third-order valence-corrected chi connectivity index (χ3v) is 5.13. The van der Waals surface area contributed by atoms with Crippen molar-refractivity contribution in [2.45, 2.75) is 13.0 Å². The molecular weight excluding hydrogens is 450 g/mol. The molecule has 1 aliphatic heterocycles. The Morgan fingerprint density at radius 3 is 2.15 bits per heavy atom. The summed E-state index contributed by atoms with van der Waals surface area (Å²) >= 11 is 14.9. The molecule has 1 heterocycles. The first kappa shape index (κ1) is 18.8. The van der Waals surface area contributed by atoms with Crippen LogP contribution in [0.3, 0.4) is 0 Å². The van der Waals surface area contributed by atoms with E-state index in [1.54, 1.807) is 6.07 Å². The topological polar surface area (TPSA) is 66.5 Å². The second kappa shape index (κ2) is 6.98. The Morgan fingerprint density at radius 1 is 1.12 bits per heavy atom. The third kappa shape index (κ3) is 3.22. The van der Waals surface area contributed by atoms with Gasteiger partial charge in [-0.15, -0.1) is 0 Å². The monoisotopic (exact) mass is 458 g/mol. The van der Waals surface area contributed by atoms with E-state index in [1.807, 2.05) is 0 Å². The van der Waals surface area contributed by atoms with E-state index in [4.69, 9.17) is 23.2 Å². The number of halogens is 4. The van der Waals surface area contributed by atoms with Crippen LogP contribution in [-0.4, -0.2) is 28.7 Å². The Kier molecular flexibility index (Phi) is 5.05. The average Bonchev–Trinajstić information content (AvgIpc) is 2.81. The van der Waals surface area contributed by atoms with Crippen molar-refractivity contribution in [1.82, 2.24) is 4.90 Å². The quantitative estimate of drug-likeness (QED) is 0.686. The Bertz CT molecular complexity index is 926. The zero-order valence-electron chi connectivity index (χ0n) is 13.1. The number of hydrogen-bond donors (Lipinski definition) is 1. The summed E-state index contributed by atoms with van der Waals surface area (Å²) in [5.41, 5.74) is 0.0745. The van der Waals surface area contributed by atoms with Gasteiger partial charge < -0.3 is 5.32 Å². The molecule has 26 heavy (non-hydrogen) atoms. The Labute approximate surface area is 166 Å². The van der Waals surface area contributed by atoms with Gasteiger partial charge in [0, 0.05) is 4.47 Å². The van der Waals surface area contributed by atoms with E-state index >= 15 is 0 Å². The number of carbonyl (C=O) groups excluding carboxylic acids is 3. The molecule has 1 atom stereocenters. The first-order valence-corrected chi connectivity index (χ1v) is 8.88. The first-order valence-electron chi connectivity index (χ1n) is 7.33. The summed E-state index contributed by atoms with van der Waals surface area (Å²) in [5.74, 6) is -2.69. The molecule has 0 spiro atoms. The maximum atomic E-state index is 13.9. The van der Waals surface area contributed by atoms with E-state index in [1.165, 1.54) is 31.2 Å². The number of rotatable bonds is 3. The molecule has 0 aliphatic carbocycles. The van der Waals surface area contributed by atoms with Crippen LogP contribution in [0.4, 0.5) is 10.1 Å². The number of imide groups is 1. The summed E-state index contributed by atoms with van der Waals surface area (Å²) < 4.78 is 14.4. The summed E-state index contributed by atoms with van der Waals surface area (Å²) in [5, 5.41) is 2.63. The Morgan fingerprint density at radius 2 is 1.65 bits per heavy atom. The smallest absolute Gasteiger partial charge is 0.262 e. The van der Waals surface area contributed by atoms with Crippen molar-refractivity contribution in [1.29, 1.82) is 0 Å². The second-order valence-corrected chi connectivity index (χ2v) is 7.31. The summed E-state index contributed by atoms with van der Waals surface area (Å²) in [6, 6.07) is 5.52. The number of anilines is 1. The van der Waals surface area contributed by atoms with E-state index in [9.17, 15) is 18.8 Å². The minimum Gasteiger partial charge on any atom is -0.322 e. The largest absolute Gasteiger partial charge is 0.322 e. The van der Waals surface area contributed by atoms with Gasteiger partial charge in [0.15, 0.2) is 0 Å². The lowest BCUT2D eigenvalue weighted by Crippen LogP contribution is -2.45. The van der Waals surface area contributed by atoms with Gasteiger partial charge in [-0.1, -0.05) is 39.1 Å². The van der Waals surface area contributed by atoms with Crippen LogP contribution in [0.1, 0.15) is 27.6 Å². The van der Waals surface area contributed by atoms with Crippen molar-refractivity contribution >= 4 is 62.5 Å². The lowest BCUT2D eigenvalue weighted by atomic mass is 10.1. The summed E-state index contributed by atoms with van der Waals surface area (Å²) in [6.45, 7) is 1.37. The second-order valence-electron chi connectivity index (χ2n) is 5.58. The molecule has 3 amide bonds. The molecule has 0 saturated carbocycles. The van der Waals surface area contributed by atoms with E-state index in [0.717, 1.165) is 4.90 Å². The maximum absolute atomic E-state index is 13.9. The van der Waals surface area contributed by atoms with Crippen LogP contribution >= 0.6 is 39.1 Å². The number of hydrogen-bond acceptors (Lipinski definition) is 3. The van der Waals surface area contributed by atoms with E-state index in [0.29, 0.717) is 4.47 Å². The van der Waals surface area contributed by atoms with Gasteiger partial charge in [-0.05, 0) is 37.3 Å². The number of carbonyl (C=O) groups is 3. The van der Waals surface area contributed by atoms with Crippen LogP contribution in [0.2, 0.25) is 10.0 Å². The van der Waals surface area contributed by atoms with Crippen molar-refractivity contribution in [3.8, 4) is 0 Å². The highest BCUT2D eigenvalue weighted by Crippen LogP contribution is 2.32. The van der Waals surface area contributed by atoms with Gasteiger partial charge >= 0.3 is 0 Å². The van der Waals surface area contributed by atoms with Gasteiger partial charge in [0.25, 0.3) is 11.8 Å². The normalized spacial score (nSPS) is 14.4. The number of benzene rings is 2. The zero-order chi connectivity index (χ0) is 19.2. The molecule has 5 nitrogen and oxygen atoms in total. The average molecular weight is 460 g/mol. The molecule has 0 aromatic heterocycles. The van der Waals surface area contributed by atoms with Crippen LogP contribution < -0.4 is 5.32 Å². The van der Waals surface area contributed by atoms with Gasteiger partial charge in [-0.2, -0.15) is 0 Å². The van der Waals surface area contributed by atoms with Crippen LogP contribution in [-0.2, 0) is 4.79 Å². The molecule has 1 unspecified atom stereocenters. The molecule has 2 aromatic carbocycles. The summed E-state index contributed by atoms with van der Waals surface area (Å²) in [6.07, 6.45) is 0. The minimum absolute atomic E-state index is 0.0623. The van der Waals surface area contributed by atoms with Crippen LogP contribution in [0.5, 0.6) is 0 Å². The van der Waals surface area contributed by atoms with E-state index in [-0.39, 0.29) is 26.9 Å². The fraction of sp³-hybridized carbons (Fsp3) is 0.118. The number of nitrogens with one attached hydrogen (secondary N) is 1. The molecule has 0 fully saturated rings. The highest BCUT2D eigenvalue weighted by Gasteiger charge is 2.41. The van der Waals surface area contributed by atoms with E-state index < -0.39 is 29.6 Å². The van der Waals surface area contributed by atoms with Gasteiger partial charge in [0.1, 0.15) is 11.9 Å². The molecule has 0 bridgehead atoms. The van der Waals surface area contributed by atoms with Crippen molar-refractivity contribution in [2.24, 2.45) is 0 Å². The SMILES string of the molecule is CC(C(=O)Nc1ccc(Br)cc1F)N1C(=O)c2cc(Cl)c(Cl)cc2C1=O. The fourth-order valence-electron chi connectivity index (χ4n) is 2.55. The molecular formula is C17H10BrCl2FN2O3. The predicted octanol–water partition coefficient (Wildman–Crippen LogP) is 4.52. The summed E-state index contributed by atoms with van der Waals surface area (Å²) in [7, 11) is 0. The Balaban J connectivity index is 1.86. The van der Waals surface area contributed by atoms with Gasteiger partial charge in [-0.25, -0.2) is 4.39 Å². The lowest BCUT2D eigenvalue weighted by Gasteiger charge is -2.21. The highest BCUT2D eigenvalue weighted by molar-refractivity contribution is 9.10. The van der Waals surface area contributed by atoms with Crippen LogP contribution in [0, 0.1) is 5.82 Å². The fourth-order valence-corrected chi connectivity index (χ4v) is 3.21. The number of nitrogens with zero attached hydrogens (tertiary/aromatic N) is 1. The highest BCUT2D eigenvalue weighted by atomic mass is 79.9. The van der Waals surface area contributed by atoms with Crippen molar-refractivity contribution in [3.05, 3.63) is 61.8 Å². The standard InChI is InChI=1S/C17H10BrCl2FN2O3/c1-7(15(24)22-14-3-2-8(18)4-13(14)21)23-16(25)9-5-11(19)12(20)6-10(9)17(23)26/h2-7H,1H3,(H,22,24). The summed E-state index contributed by atoms with van der Waals surface area (Å²) in [4.78, 5) is 38.3. The predicted molar refractivity (Wildman–Crippen MR) is 99.2 cm³/mol. The molecule has 3 rings (SSSR count). The molecule has 1 N–H and O–H groups in total. The molecule has 2 aromatic rings. The van der Waals surface area contributed by atoms with Gasteiger partial charge in [-0.3, -0.25) is 19.3 Å². The lowest BCUT2D eigenvalue weighted by molar-refractivity contribution is -0.119. The molecule has 0 radical (unpaired) electrons. The molecule has 134 valence electrons. The molecule has 1 aliphatic rings.